The lowest BCUT2D eigenvalue weighted by Gasteiger charge is -2.28. The minimum Gasteiger partial charge on any atom is -0.756 e. The summed E-state index contributed by atoms with van der Waals surface area (Å²) in [5.41, 5.74) is 0. The molecule has 0 saturated carbocycles. The number of carbonyl (C=O) groups is 2. The van der Waals surface area contributed by atoms with Gasteiger partial charge in [0, 0.05) is 12.8 Å². The van der Waals surface area contributed by atoms with Crippen molar-refractivity contribution in [1.82, 2.24) is 0 Å². The van der Waals surface area contributed by atoms with Crippen LogP contribution in [0.3, 0.4) is 0 Å². The average Bonchev–Trinajstić information content (AvgIpc) is 3.38. The standard InChI is InChI=1S/C66H116NO8P/c1-6-8-10-12-14-16-18-20-22-24-26-27-28-29-30-31-32-33-34-35-36-37-38-39-41-42-44-46-48-50-52-54-56-58-65(68)72-62-64(63-74-76(70,71)73-61-60-67(3,4)5)75-66(69)59-57-55-53-51-49-47-45-43-40-25-23-21-19-17-15-13-11-9-7-2/h9,11,15,17-18,20-21,23-24,26,28-29,40,43,47,49,64H,6-8,10,12-14,16,19,22,25,27,30-39,41-42,44-46,48,50-63H2,1-5H3/b11-9-,17-15-,20-18-,23-21-,26-24-,29-28-,43-40-,49-47-. The van der Waals surface area contributed by atoms with Crippen LogP contribution in [-0.4, -0.2) is 70.0 Å². The number of unbranched alkanes of at least 4 members (excludes halogenated alkanes) is 26. The Hall–Kier alpha value is -3.07. The highest BCUT2D eigenvalue weighted by molar-refractivity contribution is 7.45. The number of allylic oxidation sites excluding steroid dienone is 16. The molecule has 2 atom stereocenters. The molecule has 10 heteroatoms. The van der Waals surface area contributed by atoms with Crippen molar-refractivity contribution in [2.75, 3.05) is 47.5 Å². The summed E-state index contributed by atoms with van der Waals surface area (Å²) in [5, 5.41) is 0. The lowest BCUT2D eigenvalue weighted by Crippen LogP contribution is -2.37. The van der Waals surface area contributed by atoms with Gasteiger partial charge in [-0.25, -0.2) is 0 Å². The van der Waals surface area contributed by atoms with E-state index in [-0.39, 0.29) is 26.1 Å². The van der Waals surface area contributed by atoms with E-state index < -0.39 is 32.5 Å². The van der Waals surface area contributed by atoms with Gasteiger partial charge in [0.1, 0.15) is 19.8 Å². The fraction of sp³-hybridized carbons (Fsp3) is 0.727. The summed E-state index contributed by atoms with van der Waals surface area (Å²) < 4.78 is 34.1. The van der Waals surface area contributed by atoms with E-state index in [0.717, 1.165) is 83.5 Å². The Bertz CT molecular complexity index is 1600. The number of rotatable bonds is 56. The summed E-state index contributed by atoms with van der Waals surface area (Å²) >= 11 is 0. The van der Waals surface area contributed by atoms with Gasteiger partial charge in [-0.2, -0.15) is 0 Å². The maximum Gasteiger partial charge on any atom is 0.306 e. The fourth-order valence-electron chi connectivity index (χ4n) is 8.34. The SMILES string of the molecule is CC/C=C\C/C=C\C/C=C\C/C=C\C/C=C\CCCCCC(=O)OC(COC(=O)CCCCCCCCCCCCCCCCCCCC/C=C\C/C=C\C/C=C\CCCCCCC)COP(=O)([O-])OCC[N+](C)(C)C. The van der Waals surface area contributed by atoms with Gasteiger partial charge in [-0.1, -0.05) is 246 Å². The van der Waals surface area contributed by atoms with Gasteiger partial charge in [0.15, 0.2) is 6.10 Å². The van der Waals surface area contributed by atoms with Crippen LogP contribution in [0.2, 0.25) is 0 Å². The molecular formula is C66H116NO8P. The van der Waals surface area contributed by atoms with Gasteiger partial charge in [-0.15, -0.1) is 0 Å². The third-order valence-corrected chi connectivity index (χ3v) is 14.1. The summed E-state index contributed by atoms with van der Waals surface area (Å²) in [6.45, 7) is 4.08. The largest absolute Gasteiger partial charge is 0.756 e. The van der Waals surface area contributed by atoms with Crippen molar-refractivity contribution in [2.45, 2.75) is 264 Å². The van der Waals surface area contributed by atoms with Gasteiger partial charge in [-0.3, -0.25) is 14.2 Å². The van der Waals surface area contributed by atoms with Gasteiger partial charge in [-0.05, 0) is 96.3 Å². The second-order valence-corrected chi connectivity index (χ2v) is 23.1. The number of phosphoric ester groups is 1. The van der Waals surface area contributed by atoms with Gasteiger partial charge in [0.05, 0.1) is 27.7 Å². The van der Waals surface area contributed by atoms with Gasteiger partial charge < -0.3 is 27.9 Å². The molecule has 0 rings (SSSR count). The minimum atomic E-state index is -4.65. The van der Waals surface area contributed by atoms with E-state index in [1.165, 1.54) is 141 Å². The summed E-state index contributed by atoms with van der Waals surface area (Å²) in [5.74, 6) is -0.870. The summed E-state index contributed by atoms with van der Waals surface area (Å²) in [4.78, 5) is 37.9. The van der Waals surface area contributed by atoms with Crippen molar-refractivity contribution in [1.29, 1.82) is 0 Å². The number of quaternary nitrogens is 1. The van der Waals surface area contributed by atoms with Crippen molar-refractivity contribution in [3.05, 3.63) is 97.2 Å². The van der Waals surface area contributed by atoms with Crippen LogP contribution >= 0.6 is 7.82 Å². The van der Waals surface area contributed by atoms with Crippen LogP contribution in [0, 0.1) is 0 Å². The van der Waals surface area contributed by atoms with Crippen molar-refractivity contribution in [2.24, 2.45) is 0 Å². The second kappa shape index (κ2) is 56.6. The topological polar surface area (TPSA) is 111 Å². The maximum atomic E-state index is 12.8. The van der Waals surface area contributed by atoms with E-state index in [9.17, 15) is 19.0 Å². The first-order valence-electron chi connectivity index (χ1n) is 30.9. The number of esters is 2. The molecule has 0 aliphatic carbocycles. The molecule has 0 N–H and O–H groups in total. The Morgan fingerprint density at radius 3 is 1.13 bits per heavy atom. The number of carbonyl (C=O) groups excluding carboxylic acids is 2. The van der Waals surface area contributed by atoms with E-state index in [1.54, 1.807) is 0 Å². The fourth-order valence-corrected chi connectivity index (χ4v) is 9.07. The Balaban J connectivity index is 4.09. The summed E-state index contributed by atoms with van der Waals surface area (Å²) in [6.07, 6.45) is 77.6. The Kier molecular flexibility index (Phi) is 54.4. The van der Waals surface area contributed by atoms with E-state index in [0.29, 0.717) is 17.4 Å². The van der Waals surface area contributed by atoms with Crippen LogP contribution in [-0.2, 0) is 32.7 Å². The quantitative estimate of drug-likeness (QED) is 0.0195. The Morgan fingerprint density at radius 1 is 0.421 bits per heavy atom. The van der Waals surface area contributed by atoms with E-state index >= 15 is 0 Å². The van der Waals surface area contributed by atoms with Gasteiger partial charge in [0.2, 0.25) is 0 Å². The van der Waals surface area contributed by atoms with Crippen molar-refractivity contribution in [3.8, 4) is 0 Å². The molecule has 0 bridgehead atoms. The maximum absolute atomic E-state index is 12.8. The minimum absolute atomic E-state index is 0.0413. The van der Waals surface area contributed by atoms with E-state index in [2.05, 4.69) is 111 Å². The lowest BCUT2D eigenvalue weighted by molar-refractivity contribution is -0.870. The molecule has 76 heavy (non-hydrogen) atoms. The summed E-state index contributed by atoms with van der Waals surface area (Å²) in [7, 11) is 1.14. The van der Waals surface area contributed by atoms with Gasteiger partial charge in [0.25, 0.3) is 7.82 Å². The number of ether oxygens (including phenoxy) is 2. The highest BCUT2D eigenvalue weighted by Gasteiger charge is 2.22. The molecule has 438 valence electrons. The third kappa shape index (κ3) is 60.2. The lowest BCUT2D eigenvalue weighted by atomic mass is 10.0. The molecule has 0 aromatic carbocycles. The molecule has 0 aliphatic heterocycles. The first-order chi connectivity index (χ1) is 37.0. The average molecular weight is 1080 g/mol. The smallest absolute Gasteiger partial charge is 0.306 e. The Labute approximate surface area is 468 Å². The molecule has 0 aromatic rings. The molecule has 0 radical (unpaired) electrons. The predicted molar refractivity (Wildman–Crippen MR) is 323 cm³/mol. The van der Waals surface area contributed by atoms with E-state index in [1.807, 2.05) is 21.1 Å². The molecule has 9 nitrogen and oxygen atoms in total. The molecule has 0 heterocycles. The van der Waals surface area contributed by atoms with Crippen LogP contribution in [0.5, 0.6) is 0 Å². The highest BCUT2D eigenvalue weighted by Crippen LogP contribution is 2.38. The zero-order valence-corrected chi connectivity index (χ0v) is 50.6. The zero-order chi connectivity index (χ0) is 55.6. The number of nitrogens with zero attached hydrogens (tertiary/aromatic N) is 1. The monoisotopic (exact) mass is 1080 g/mol. The zero-order valence-electron chi connectivity index (χ0n) is 49.7. The number of phosphoric acid groups is 1. The molecule has 2 unspecified atom stereocenters. The first kappa shape index (κ1) is 72.9. The number of hydrogen-bond donors (Lipinski definition) is 0. The molecule has 0 aromatic heterocycles. The first-order valence-corrected chi connectivity index (χ1v) is 32.4. The number of likely N-dealkylation sites (N-methyl/N-ethyl adjacent to an activating group) is 1. The third-order valence-electron chi connectivity index (χ3n) is 13.1. The van der Waals surface area contributed by atoms with Gasteiger partial charge >= 0.3 is 11.9 Å². The molecule has 0 spiro atoms. The van der Waals surface area contributed by atoms with Crippen LogP contribution in [0.1, 0.15) is 258 Å². The highest BCUT2D eigenvalue weighted by atomic mass is 31.2. The van der Waals surface area contributed by atoms with Crippen LogP contribution in [0.25, 0.3) is 0 Å². The molecular weight excluding hydrogens is 966 g/mol. The van der Waals surface area contributed by atoms with Crippen molar-refractivity contribution in [3.63, 3.8) is 0 Å². The van der Waals surface area contributed by atoms with Crippen molar-refractivity contribution < 1.29 is 42.1 Å². The van der Waals surface area contributed by atoms with Crippen LogP contribution in [0.4, 0.5) is 0 Å². The van der Waals surface area contributed by atoms with Crippen molar-refractivity contribution >= 4 is 19.8 Å². The molecule has 0 amide bonds. The number of hydrogen-bond acceptors (Lipinski definition) is 8. The van der Waals surface area contributed by atoms with E-state index in [4.69, 9.17) is 18.5 Å². The summed E-state index contributed by atoms with van der Waals surface area (Å²) in [6, 6.07) is 0. The normalized spacial score (nSPS) is 13.9. The van der Waals surface area contributed by atoms with Crippen LogP contribution < -0.4 is 4.89 Å². The second-order valence-electron chi connectivity index (χ2n) is 21.7. The predicted octanol–water partition coefficient (Wildman–Crippen LogP) is 19.0. The molecule has 0 aliphatic rings. The Morgan fingerprint density at radius 2 is 0.750 bits per heavy atom. The molecule has 0 fully saturated rings. The molecule has 0 saturated heterocycles. The van der Waals surface area contributed by atoms with Crippen LogP contribution in [0.15, 0.2) is 97.2 Å².